The molecule has 102 valence electrons. The molecule has 1 heterocycles. The molecule has 0 spiro atoms. The van der Waals surface area contributed by atoms with Gasteiger partial charge in [0.05, 0.1) is 12.6 Å². The van der Waals surface area contributed by atoms with Gasteiger partial charge in [-0.1, -0.05) is 48.5 Å². The molecule has 1 aliphatic rings. The Morgan fingerprint density at radius 1 is 1.05 bits per heavy atom. The fourth-order valence-electron chi connectivity index (χ4n) is 2.62. The summed E-state index contributed by atoms with van der Waals surface area (Å²) in [4.78, 5) is 14.2. The van der Waals surface area contributed by atoms with Crippen LogP contribution in [-0.4, -0.2) is 18.6 Å². The summed E-state index contributed by atoms with van der Waals surface area (Å²) in [5.41, 5.74) is 2.20. The molecule has 3 rings (SSSR count). The van der Waals surface area contributed by atoms with Gasteiger partial charge < -0.3 is 9.64 Å². The standard InChI is InChI=1S/C17H17NO2/c1-2-20-17(19)16-15(13-9-5-3-6-10-13)18(16)14-11-7-4-8-12-14/h3-12,15-16H,2H2,1H3/t15-,16-,18?/m1/s1. The van der Waals surface area contributed by atoms with Crippen molar-refractivity contribution in [3.63, 3.8) is 0 Å². The van der Waals surface area contributed by atoms with E-state index in [9.17, 15) is 4.79 Å². The molecule has 0 saturated carbocycles. The van der Waals surface area contributed by atoms with E-state index in [1.54, 1.807) is 0 Å². The van der Waals surface area contributed by atoms with Crippen LogP contribution >= 0.6 is 0 Å². The molecule has 0 N–H and O–H groups in total. The molecule has 1 saturated heterocycles. The van der Waals surface area contributed by atoms with E-state index in [4.69, 9.17) is 4.74 Å². The third-order valence-electron chi connectivity index (χ3n) is 3.53. The van der Waals surface area contributed by atoms with Gasteiger partial charge in [-0.3, -0.25) is 0 Å². The average molecular weight is 267 g/mol. The predicted octanol–water partition coefficient (Wildman–Crippen LogP) is 3.18. The minimum Gasteiger partial charge on any atom is -0.464 e. The first kappa shape index (κ1) is 12.7. The van der Waals surface area contributed by atoms with Crippen molar-refractivity contribution in [3.8, 4) is 0 Å². The van der Waals surface area contributed by atoms with Crippen LogP contribution in [0.2, 0.25) is 0 Å². The van der Waals surface area contributed by atoms with Gasteiger partial charge in [-0.15, -0.1) is 0 Å². The van der Waals surface area contributed by atoms with Crippen LogP contribution in [0.15, 0.2) is 60.7 Å². The van der Waals surface area contributed by atoms with Gasteiger partial charge in [0, 0.05) is 5.69 Å². The highest BCUT2D eigenvalue weighted by atomic mass is 16.5. The number of nitrogens with zero attached hydrogens (tertiary/aromatic N) is 1. The normalized spacial score (nSPS) is 20.6. The summed E-state index contributed by atoms with van der Waals surface area (Å²) in [6, 6.07) is 20.0. The van der Waals surface area contributed by atoms with E-state index in [2.05, 4.69) is 17.0 Å². The largest absolute Gasteiger partial charge is 0.464 e. The number of hydrogen-bond donors (Lipinski definition) is 0. The van der Waals surface area contributed by atoms with E-state index < -0.39 is 0 Å². The molecule has 0 radical (unpaired) electrons. The molecular formula is C17H17NO2. The number of carbonyl (C=O) groups excluding carboxylic acids is 1. The highest BCUT2D eigenvalue weighted by Gasteiger charge is 2.54. The Balaban J connectivity index is 1.89. The van der Waals surface area contributed by atoms with E-state index in [1.165, 1.54) is 0 Å². The van der Waals surface area contributed by atoms with E-state index in [1.807, 2.05) is 55.5 Å². The Labute approximate surface area is 118 Å². The van der Waals surface area contributed by atoms with Crippen molar-refractivity contribution in [3.05, 3.63) is 66.2 Å². The molecular weight excluding hydrogens is 250 g/mol. The number of carbonyl (C=O) groups is 1. The molecule has 2 aromatic rings. The lowest BCUT2D eigenvalue weighted by Crippen LogP contribution is -2.15. The third-order valence-corrected chi connectivity index (χ3v) is 3.53. The number of rotatable bonds is 4. The lowest BCUT2D eigenvalue weighted by Gasteiger charge is -2.05. The quantitative estimate of drug-likeness (QED) is 0.629. The highest BCUT2D eigenvalue weighted by molar-refractivity contribution is 5.88. The molecule has 3 nitrogen and oxygen atoms in total. The molecule has 0 unspecified atom stereocenters. The molecule has 0 bridgehead atoms. The molecule has 0 amide bonds. The van der Waals surface area contributed by atoms with Crippen molar-refractivity contribution in [1.29, 1.82) is 0 Å². The van der Waals surface area contributed by atoms with E-state index >= 15 is 0 Å². The highest BCUT2D eigenvalue weighted by Crippen LogP contribution is 2.47. The van der Waals surface area contributed by atoms with Crippen molar-refractivity contribution >= 4 is 11.7 Å². The second-order valence-corrected chi connectivity index (χ2v) is 4.80. The molecule has 1 aliphatic heterocycles. The van der Waals surface area contributed by atoms with Crippen molar-refractivity contribution in [2.45, 2.75) is 19.0 Å². The number of para-hydroxylation sites is 1. The summed E-state index contributed by atoms with van der Waals surface area (Å²) in [5, 5.41) is 0. The van der Waals surface area contributed by atoms with Crippen LogP contribution in [-0.2, 0) is 9.53 Å². The smallest absolute Gasteiger partial charge is 0.331 e. The van der Waals surface area contributed by atoms with Crippen molar-refractivity contribution in [1.82, 2.24) is 0 Å². The molecule has 0 aliphatic carbocycles. The van der Waals surface area contributed by atoms with Gasteiger partial charge in [0.2, 0.25) is 0 Å². The second kappa shape index (κ2) is 5.37. The van der Waals surface area contributed by atoms with Crippen LogP contribution in [0.3, 0.4) is 0 Å². The topological polar surface area (TPSA) is 29.3 Å². The van der Waals surface area contributed by atoms with Crippen LogP contribution in [0.5, 0.6) is 0 Å². The number of benzene rings is 2. The molecule has 3 heteroatoms. The van der Waals surface area contributed by atoms with Crippen molar-refractivity contribution in [2.24, 2.45) is 0 Å². The zero-order valence-corrected chi connectivity index (χ0v) is 11.4. The van der Waals surface area contributed by atoms with Crippen LogP contribution in [0, 0.1) is 0 Å². The van der Waals surface area contributed by atoms with Gasteiger partial charge in [0.25, 0.3) is 0 Å². The van der Waals surface area contributed by atoms with Gasteiger partial charge in [-0.25, -0.2) is 4.79 Å². The van der Waals surface area contributed by atoms with Gasteiger partial charge in [0.15, 0.2) is 6.04 Å². The summed E-state index contributed by atoms with van der Waals surface area (Å²) in [5.74, 6) is -0.148. The number of esters is 1. The number of hydrogen-bond acceptors (Lipinski definition) is 3. The van der Waals surface area contributed by atoms with E-state index in [-0.39, 0.29) is 18.1 Å². The van der Waals surface area contributed by atoms with Crippen LogP contribution in [0.1, 0.15) is 18.5 Å². The zero-order chi connectivity index (χ0) is 13.9. The Kier molecular flexibility index (Phi) is 3.42. The SMILES string of the molecule is CCOC(=O)[C@H]1[C@@H](c2ccccc2)N1c1ccccc1. The monoisotopic (exact) mass is 267 g/mol. The van der Waals surface area contributed by atoms with Gasteiger partial charge in [-0.2, -0.15) is 0 Å². The Morgan fingerprint density at radius 2 is 1.65 bits per heavy atom. The predicted molar refractivity (Wildman–Crippen MR) is 78.5 cm³/mol. The van der Waals surface area contributed by atoms with E-state index in [0.29, 0.717) is 6.61 Å². The Hall–Kier alpha value is -2.29. The Bertz CT molecular complexity index is 537. The maximum Gasteiger partial charge on any atom is 0.331 e. The zero-order valence-electron chi connectivity index (χ0n) is 11.4. The lowest BCUT2D eigenvalue weighted by atomic mass is 10.1. The van der Waals surface area contributed by atoms with Crippen LogP contribution < -0.4 is 4.90 Å². The summed E-state index contributed by atoms with van der Waals surface area (Å²) in [6.45, 7) is 2.25. The Morgan fingerprint density at radius 3 is 2.25 bits per heavy atom. The molecule has 20 heavy (non-hydrogen) atoms. The van der Waals surface area contributed by atoms with E-state index in [0.717, 1.165) is 11.3 Å². The molecule has 2 aromatic carbocycles. The van der Waals surface area contributed by atoms with Gasteiger partial charge >= 0.3 is 5.97 Å². The van der Waals surface area contributed by atoms with Crippen LogP contribution in [0.4, 0.5) is 5.69 Å². The average Bonchev–Trinajstić information content (AvgIpc) is 3.25. The first-order valence-corrected chi connectivity index (χ1v) is 6.88. The van der Waals surface area contributed by atoms with Crippen molar-refractivity contribution < 1.29 is 9.53 Å². The maximum absolute atomic E-state index is 12.1. The minimum atomic E-state index is -0.209. The fourth-order valence-corrected chi connectivity index (χ4v) is 2.62. The summed E-state index contributed by atoms with van der Waals surface area (Å²) in [7, 11) is 0. The maximum atomic E-state index is 12.1. The third kappa shape index (κ3) is 2.27. The summed E-state index contributed by atoms with van der Waals surface area (Å²) in [6.07, 6.45) is 0. The van der Waals surface area contributed by atoms with Crippen molar-refractivity contribution in [2.75, 3.05) is 11.5 Å². The summed E-state index contributed by atoms with van der Waals surface area (Å²) >= 11 is 0. The van der Waals surface area contributed by atoms with Gasteiger partial charge in [0.1, 0.15) is 0 Å². The van der Waals surface area contributed by atoms with Crippen LogP contribution in [0.25, 0.3) is 0 Å². The second-order valence-electron chi connectivity index (χ2n) is 4.80. The lowest BCUT2D eigenvalue weighted by molar-refractivity contribution is -0.142. The number of ether oxygens (including phenoxy) is 1. The van der Waals surface area contributed by atoms with Gasteiger partial charge in [-0.05, 0) is 24.6 Å². The first-order valence-electron chi connectivity index (χ1n) is 6.88. The summed E-state index contributed by atoms with van der Waals surface area (Å²) < 4.78 is 5.19. The number of anilines is 1. The molecule has 0 aromatic heterocycles. The molecule has 1 fully saturated rings. The molecule has 2 atom stereocenters. The minimum absolute atomic E-state index is 0.0812. The fraction of sp³-hybridized carbons (Fsp3) is 0.235. The first-order chi connectivity index (χ1) is 9.83.